The number of hydrogen-bond acceptors (Lipinski definition) is 3. The van der Waals surface area contributed by atoms with Gasteiger partial charge in [-0.3, -0.25) is 9.59 Å². The Hall–Kier alpha value is -1.10. The molecule has 108 valence electrons. The van der Waals surface area contributed by atoms with Gasteiger partial charge in [0.05, 0.1) is 0 Å². The minimum atomic E-state index is -0.638. The number of piperazine rings is 1. The van der Waals surface area contributed by atoms with Crippen molar-refractivity contribution in [3.8, 4) is 0 Å². The van der Waals surface area contributed by atoms with Crippen LogP contribution in [0, 0.1) is 0 Å². The standard InChI is InChI=1S/C14H25N3O2/c1-11-10-17(9-8-15-11)13(19)14(16-12(2)18)6-4-3-5-7-14/h11,15H,3-10H2,1-2H3,(H,16,18). The molecule has 19 heavy (non-hydrogen) atoms. The van der Waals surface area contributed by atoms with Crippen LogP contribution in [0.15, 0.2) is 0 Å². The number of amides is 2. The van der Waals surface area contributed by atoms with Crippen molar-refractivity contribution in [2.75, 3.05) is 19.6 Å². The van der Waals surface area contributed by atoms with E-state index in [0.29, 0.717) is 6.04 Å². The van der Waals surface area contributed by atoms with Crippen LogP contribution >= 0.6 is 0 Å². The van der Waals surface area contributed by atoms with E-state index in [9.17, 15) is 9.59 Å². The summed E-state index contributed by atoms with van der Waals surface area (Å²) >= 11 is 0. The van der Waals surface area contributed by atoms with Gasteiger partial charge in [0, 0.05) is 32.6 Å². The molecule has 5 nitrogen and oxygen atoms in total. The molecule has 0 radical (unpaired) electrons. The van der Waals surface area contributed by atoms with Gasteiger partial charge in [-0.25, -0.2) is 0 Å². The highest BCUT2D eigenvalue weighted by atomic mass is 16.2. The van der Waals surface area contributed by atoms with Crippen LogP contribution in [0.2, 0.25) is 0 Å². The van der Waals surface area contributed by atoms with E-state index in [1.807, 2.05) is 4.90 Å². The Kier molecular flexibility index (Phi) is 4.45. The van der Waals surface area contributed by atoms with Crippen molar-refractivity contribution >= 4 is 11.8 Å². The van der Waals surface area contributed by atoms with Gasteiger partial charge in [-0.1, -0.05) is 19.3 Å². The Balaban J connectivity index is 2.12. The third kappa shape index (κ3) is 3.26. The molecule has 5 heteroatoms. The molecule has 2 fully saturated rings. The topological polar surface area (TPSA) is 61.4 Å². The molecule has 2 N–H and O–H groups in total. The zero-order valence-electron chi connectivity index (χ0n) is 12.0. The largest absolute Gasteiger partial charge is 0.342 e. The molecule has 0 aromatic carbocycles. The van der Waals surface area contributed by atoms with Gasteiger partial charge in [0.15, 0.2) is 0 Å². The van der Waals surface area contributed by atoms with E-state index in [1.165, 1.54) is 6.92 Å². The number of carbonyl (C=O) groups excluding carboxylic acids is 2. The normalized spacial score (nSPS) is 26.8. The highest BCUT2D eigenvalue weighted by molar-refractivity contribution is 5.91. The summed E-state index contributed by atoms with van der Waals surface area (Å²) in [5.74, 6) is 0.0224. The average molecular weight is 267 g/mol. The Morgan fingerprint density at radius 3 is 2.53 bits per heavy atom. The number of carbonyl (C=O) groups is 2. The predicted molar refractivity (Wildman–Crippen MR) is 73.7 cm³/mol. The van der Waals surface area contributed by atoms with Crippen molar-refractivity contribution in [2.24, 2.45) is 0 Å². The van der Waals surface area contributed by atoms with Crippen molar-refractivity contribution in [1.82, 2.24) is 15.5 Å². The summed E-state index contributed by atoms with van der Waals surface area (Å²) in [7, 11) is 0. The van der Waals surface area contributed by atoms with Crippen LogP contribution in [0.5, 0.6) is 0 Å². The molecular formula is C14H25N3O2. The summed E-state index contributed by atoms with van der Waals surface area (Å²) in [5.41, 5.74) is -0.638. The van der Waals surface area contributed by atoms with Gasteiger partial charge in [0.25, 0.3) is 0 Å². The van der Waals surface area contributed by atoms with Gasteiger partial charge in [-0.15, -0.1) is 0 Å². The van der Waals surface area contributed by atoms with E-state index < -0.39 is 5.54 Å². The van der Waals surface area contributed by atoms with Crippen LogP contribution in [0.4, 0.5) is 0 Å². The molecule has 0 aromatic rings. The molecule has 2 aliphatic rings. The fourth-order valence-electron chi connectivity index (χ4n) is 3.30. The lowest BCUT2D eigenvalue weighted by Gasteiger charge is -2.42. The smallest absolute Gasteiger partial charge is 0.248 e. The van der Waals surface area contributed by atoms with Gasteiger partial charge in [0.1, 0.15) is 5.54 Å². The highest BCUT2D eigenvalue weighted by Crippen LogP contribution is 2.30. The Labute approximate surface area is 115 Å². The molecule has 1 atom stereocenters. The zero-order chi connectivity index (χ0) is 13.9. The molecule has 1 saturated carbocycles. The highest BCUT2D eigenvalue weighted by Gasteiger charge is 2.43. The summed E-state index contributed by atoms with van der Waals surface area (Å²) in [4.78, 5) is 26.2. The summed E-state index contributed by atoms with van der Waals surface area (Å²) in [5, 5.41) is 6.30. The third-order valence-electron chi connectivity index (χ3n) is 4.19. The van der Waals surface area contributed by atoms with E-state index in [-0.39, 0.29) is 11.8 Å². The van der Waals surface area contributed by atoms with E-state index >= 15 is 0 Å². The molecule has 1 aliphatic carbocycles. The molecule has 2 rings (SSSR count). The Bertz CT molecular complexity index is 351. The number of hydrogen-bond donors (Lipinski definition) is 2. The quantitative estimate of drug-likeness (QED) is 0.772. The maximum atomic E-state index is 12.8. The van der Waals surface area contributed by atoms with Crippen LogP contribution in [0.1, 0.15) is 46.0 Å². The minimum absolute atomic E-state index is 0.0987. The first-order valence-corrected chi connectivity index (χ1v) is 7.35. The maximum Gasteiger partial charge on any atom is 0.248 e. The van der Waals surface area contributed by atoms with Gasteiger partial charge in [0.2, 0.25) is 11.8 Å². The number of nitrogens with one attached hydrogen (secondary N) is 2. The number of nitrogens with zero attached hydrogens (tertiary/aromatic N) is 1. The Morgan fingerprint density at radius 1 is 1.26 bits per heavy atom. The van der Waals surface area contributed by atoms with Gasteiger partial charge < -0.3 is 15.5 Å². The lowest BCUT2D eigenvalue weighted by atomic mass is 9.80. The van der Waals surface area contributed by atoms with Crippen molar-refractivity contribution in [3.05, 3.63) is 0 Å². The van der Waals surface area contributed by atoms with Crippen molar-refractivity contribution in [2.45, 2.75) is 57.5 Å². The van der Waals surface area contributed by atoms with E-state index in [1.54, 1.807) is 0 Å². The van der Waals surface area contributed by atoms with E-state index in [4.69, 9.17) is 0 Å². The fraction of sp³-hybridized carbons (Fsp3) is 0.857. The molecule has 1 unspecified atom stereocenters. The molecule has 1 heterocycles. The zero-order valence-corrected chi connectivity index (χ0v) is 12.0. The second-order valence-electron chi connectivity index (χ2n) is 5.93. The van der Waals surface area contributed by atoms with E-state index in [2.05, 4.69) is 17.6 Å². The monoisotopic (exact) mass is 267 g/mol. The maximum absolute atomic E-state index is 12.8. The van der Waals surface area contributed by atoms with E-state index in [0.717, 1.165) is 51.7 Å². The fourth-order valence-corrected chi connectivity index (χ4v) is 3.30. The molecule has 0 aromatic heterocycles. The van der Waals surface area contributed by atoms with Gasteiger partial charge in [-0.2, -0.15) is 0 Å². The molecule has 1 aliphatic heterocycles. The van der Waals surface area contributed by atoms with Crippen molar-refractivity contribution < 1.29 is 9.59 Å². The second-order valence-corrected chi connectivity index (χ2v) is 5.93. The second kappa shape index (κ2) is 5.90. The van der Waals surface area contributed by atoms with Crippen LogP contribution < -0.4 is 10.6 Å². The first kappa shape index (κ1) is 14.3. The predicted octanol–water partition coefficient (Wildman–Crippen LogP) is 0.646. The lowest BCUT2D eigenvalue weighted by Crippen LogP contribution is -2.63. The van der Waals surface area contributed by atoms with Crippen LogP contribution in [0.25, 0.3) is 0 Å². The summed E-state index contributed by atoms with van der Waals surface area (Å²) in [6.45, 7) is 5.91. The molecule has 0 spiro atoms. The molecular weight excluding hydrogens is 242 g/mol. The third-order valence-corrected chi connectivity index (χ3v) is 4.19. The van der Waals surface area contributed by atoms with Gasteiger partial charge >= 0.3 is 0 Å². The minimum Gasteiger partial charge on any atom is -0.342 e. The average Bonchev–Trinajstić information content (AvgIpc) is 2.38. The molecule has 1 saturated heterocycles. The van der Waals surface area contributed by atoms with Gasteiger partial charge in [-0.05, 0) is 19.8 Å². The number of rotatable bonds is 2. The SMILES string of the molecule is CC(=O)NC1(C(=O)N2CCNC(C)C2)CCCCC1. The summed E-state index contributed by atoms with van der Waals surface area (Å²) < 4.78 is 0. The van der Waals surface area contributed by atoms with Crippen LogP contribution in [-0.4, -0.2) is 47.9 Å². The first-order chi connectivity index (χ1) is 9.03. The molecule has 0 bridgehead atoms. The van der Waals surface area contributed by atoms with Crippen LogP contribution in [0.3, 0.4) is 0 Å². The summed E-state index contributed by atoms with van der Waals surface area (Å²) in [6.07, 6.45) is 4.77. The summed E-state index contributed by atoms with van der Waals surface area (Å²) in [6, 6.07) is 0.329. The lowest BCUT2D eigenvalue weighted by molar-refractivity contribution is -0.144. The van der Waals surface area contributed by atoms with Crippen LogP contribution in [-0.2, 0) is 9.59 Å². The Morgan fingerprint density at radius 2 is 1.95 bits per heavy atom. The van der Waals surface area contributed by atoms with Crippen molar-refractivity contribution in [1.29, 1.82) is 0 Å². The first-order valence-electron chi connectivity index (χ1n) is 7.35. The van der Waals surface area contributed by atoms with Crippen molar-refractivity contribution in [3.63, 3.8) is 0 Å². The molecule has 2 amide bonds.